The molecule has 2 saturated heterocycles. The molecule has 5 heteroatoms. The zero-order valence-electron chi connectivity index (χ0n) is 16.7. The first-order valence-corrected chi connectivity index (χ1v) is 10.6. The Morgan fingerprint density at radius 1 is 1.07 bits per heavy atom. The van der Waals surface area contributed by atoms with Crippen molar-refractivity contribution in [3.05, 3.63) is 35.9 Å². The normalized spacial score (nSPS) is 32.7. The Morgan fingerprint density at radius 3 is 2.41 bits per heavy atom. The summed E-state index contributed by atoms with van der Waals surface area (Å²) < 4.78 is 0. The van der Waals surface area contributed by atoms with Crippen molar-refractivity contribution in [2.45, 2.75) is 82.6 Å². The first kappa shape index (κ1) is 20.9. The van der Waals surface area contributed by atoms with E-state index in [-0.39, 0.29) is 24.0 Å². The fourth-order valence-corrected chi connectivity index (χ4v) is 5.10. The number of piperidine rings is 1. The molecule has 3 aliphatic rings. The van der Waals surface area contributed by atoms with Gasteiger partial charge in [0.1, 0.15) is 0 Å². The molecule has 0 amide bonds. The third kappa shape index (κ3) is 5.17. The van der Waals surface area contributed by atoms with Crippen LogP contribution in [0.4, 0.5) is 0 Å². The van der Waals surface area contributed by atoms with Gasteiger partial charge in [0, 0.05) is 37.8 Å². The van der Waals surface area contributed by atoms with Crippen molar-refractivity contribution >= 4 is 29.9 Å². The van der Waals surface area contributed by atoms with Crippen LogP contribution in [0.5, 0.6) is 0 Å². The van der Waals surface area contributed by atoms with Gasteiger partial charge in [-0.15, -0.1) is 24.0 Å². The van der Waals surface area contributed by atoms with Gasteiger partial charge >= 0.3 is 0 Å². The van der Waals surface area contributed by atoms with Gasteiger partial charge in [-0.05, 0) is 50.0 Å². The van der Waals surface area contributed by atoms with Crippen LogP contribution in [0, 0.1) is 5.92 Å². The molecule has 1 saturated carbocycles. The van der Waals surface area contributed by atoms with Gasteiger partial charge in [-0.3, -0.25) is 9.89 Å². The molecule has 3 fully saturated rings. The van der Waals surface area contributed by atoms with E-state index < -0.39 is 0 Å². The predicted molar refractivity (Wildman–Crippen MR) is 124 cm³/mol. The van der Waals surface area contributed by atoms with Crippen molar-refractivity contribution in [2.24, 2.45) is 10.9 Å². The highest BCUT2D eigenvalue weighted by atomic mass is 127. The van der Waals surface area contributed by atoms with Crippen LogP contribution in [0.15, 0.2) is 35.3 Å². The summed E-state index contributed by atoms with van der Waals surface area (Å²) in [6.07, 6.45) is 9.14. The number of rotatable bonds is 6. The number of nitrogens with zero attached hydrogens (tertiary/aromatic N) is 2. The first-order chi connectivity index (χ1) is 12.8. The molecule has 150 valence electrons. The quantitative estimate of drug-likeness (QED) is 0.364. The average molecular weight is 482 g/mol. The minimum absolute atomic E-state index is 0. The van der Waals surface area contributed by atoms with Crippen molar-refractivity contribution in [1.29, 1.82) is 0 Å². The maximum atomic E-state index is 4.49. The fourth-order valence-electron chi connectivity index (χ4n) is 5.10. The summed E-state index contributed by atoms with van der Waals surface area (Å²) >= 11 is 0. The zero-order chi connectivity index (χ0) is 17.9. The Balaban J connectivity index is 0.00000210. The number of nitrogens with one attached hydrogen (secondary N) is 2. The van der Waals surface area contributed by atoms with Crippen LogP contribution in [0.2, 0.25) is 0 Å². The monoisotopic (exact) mass is 482 g/mol. The second-order valence-electron chi connectivity index (χ2n) is 8.46. The Morgan fingerprint density at radius 2 is 1.78 bits per heavy atom. The van der Waals surface area contributed by atoms with Crippen molar-refractivity contribution in [3.8, 4) is 0 Å². The number of fused-ring (bicyclic) bond motifs is 2. The lowest BCUT2D eigenvalue weighted by atomic mass is 9.96. The van der Waals surface area contributed by atoms with E-state index in [1.54, 1.807) is 0 Å². The molecule has 2 heterocycles. The number of guanidine groups is 1. The number of hydrogen-bond donors (Lipinski definition) is 2. The molecule has 2 N–H and O–H groups in total. The number of aliphatic imine (C=N–C) groups is 1. The smallest absolute Gasteiger partial charge is 0.191 e. The molecule has 1 aromatic carbocycles. The maximum absolute atomic E-state index is 4.49. The van der Waals surface area contributed by atoms with E-state index in [0.717, 1.165) is 30.5 Å². The molecular formula is C22H35IN4. The Kier molecular flexibility index (Phi) is 7.42. The average Bonchev–Trinajstić information content (AvgIpc) is 3.35. The number of halogens is 1. The van der Waals surface area contributed by atoms with Gasteiger partial charge in [0.15, 0.2) is 5.96 Å². The standard InChI is InChI=1S/C22H34N4.HI/c1-3-7-17-12-21(17)25-22(23-2)24-18-13-19-10-11-20(14-18)26(19)15-16-8-5-4-6-9-16;/h4-6,8-9,17-21H,3,7,10-15H2,1-2H3,(H2,23,24,25);1H. The van der Waals surface area contributed by atoms with E-state index in [1.807, 2.05) is 7.05 Å². The molecule has 1 aromatic rings. The van der Waals surface area contributed by atoms with Crippen LogP contribution in [-0.4, -0.2) is 42.1 Å². The number of benzene rings is 1. The molecule has 0 aromatic heterocycles. The van der Waals surface area contributed by atoms with Crippen molar-refractivity contribution in [1.82, 2.24) is 15.5 Å². The molecule has 4 nitrogen and oxygen atoms in total. The first-order valence-electron chi connectivity index (χ1n) is 10.6. The lowest BCUT2D eigenvalue weighted by molar-refractivity contribution is 0.114. The lowest BCUT2D eigenvalue weighted by Gasteiger charge is -2.39. The maximum Gasteiger partial charge on any atom is 0.191 e. The largest absolute Gasteiger partial charge is 0.354 e. The zero-order valence-corrected chi connectivity index (χ0v) is 19.1. The highest BCUT2D eigenvalue weighted by Gasteiger charge is 2.41. The van der Waals surface area contributed by atoms with E-state index in [4.69, 9.17) is 0 Å². The fraction of sp³-hybridized carbons (Fsp3) is 0.682. The van der Waals surface area contributed by atoms with Gasteiger partial charge < -0.3 is 10.6 Å². The van der Waals surface area contributed by atoms with E-state index in [9.17, 15) is 0 Å². The Hall–Kier alpha value is -0.820. The summed E-state index contributed by atoms with van der Waals surface area (Å²) in [6.45, 7) is 3.39. The Bertz CT molecular complexity index is 606. The van der Waals surface area contributed by atoms with Crippen LogP contribution < -0.4 is 10.6 Å². The van der Waals surface area contributed by atoms with Crippen molar-refractivity contribution in [3.63, 3.8) is 0 Å². The second kappa shape index (κ2) is 9.59. The second-order valence-corrected chi connectivity index (χ2v) is 8.46. The molecule has 1 aliphatic carbocycles. The molecule has 0 radical (unpaired) electrons. The van der Waals surface area contributed by atoms with Gasteiger partial charge in [-0.25, -0.2) is 0 Å². The summed E-state index contributed by atoms with van der Waals surface area (Å²) in [5.74, 6) is 1.89. The van der Waals surface area contributed by atoms with Crippen LogP contribution in [-0.2, 0) is 6.54 Å². The Labute approximate surface area is 181 Å². The van der Waals surface area contributed by atoms with Crippen LogP contribution in [0.1, 0.15) is 57.4 Å². The molecule has 4 unspecified atom stereocenters. The molecule has 0 spiro atoms. The van der Waals surface area contributed by atoms with E-state index in [2.05, 4.69) is 57.8 Å². The molecule has 2 bridgehead atoms. The van der Waals surface area contributed by atoms with Crippen LogP contribution in [0.25, 0.3) is 0 Å². The van der Waals surface area contributed by atoms with Gasteiger partial charge in [-0.2, -0.15) is 0 Å². The molecular weight excluding hydrogens is 447 g/mol. The number of hydrogen-bond acceptors (Lipinski definition) is 2. The summed E-state index contributed by atoms with van der Waals surface area (Å²) in [7, 11) is 1.91. The van der Waals surface area contributed by atoms with Crippen molar-refractivity contribution < 1.29 is 0 Å². The van der Waals surface area contributed by atoms with Crippen LogP contribution >= 0.6 is 24.0 Å². The van der Waals surface area contributed by atoms with Gasteiger partial charge in [0.25, 0.3) is 0 Å². The van der Waals surface area contributed by atoms with E-state index in [1.165, 1.54) is 50.5 Å². The lowest BCUT2D eigenvalue weighted by Crippen LogP contribution is -2.52. The molecule has 4 atom stereocenters. The van der Waals surface area contributed by atoms with Crippen LogP contribution in [0.3, 0.4) is 0 Å². The van der Waals surface area contributed by atoms with Crippen molar-refractivity contribution in [2.75, 3.05) is 7.05 Å². The topological polar surface area (TPSA) is 39.7 Å². The molecule has 27 heavy (non-hydrogen) atoms. The SMILES string of the molecule is CCCC1CC1NC(=NC)NC1CC2CCC(C1)N2Cc1ccccc1.I. The minimum Gasteiger partial charge on any atom is -0.354 e. The van der Waals surface area contributed by atoms with Gasteiger partial charge in [0.2, 0.25) is 0 Å². The highest BCUT2D eigenvalue weighted by Crippen LogP contribution is 2.37. The predicted octanol–water partition coefficient (Wildman–Crippen LogP) is 4.15. The third-order valence-electron chi connectivity index (χ3n) is 6.56. The summed E-state index contributed by atoms with van der Waals surface area (Å²) in [5, 5.41) is 7.39. The molecule has 4 rings (SSSR count). The third-order valence-corrected chi connectivity index (χ3v) is 6.56. The summed E-state index contributed by atoms with van der Waals surface area (Å²) in [4.78, 5) is 7.25. The minimum atomic E-state index is 0. The summed E-state index contributed by atoms with van der Waals surface area (Å²) in [6, 6.07) is 13.6. The highest BCUT2D eigenvalue weighted by molar-refractivity contribution is 14.0. The summed E-state index contributed by atoms with van der Waals surface area (Å²) in [5.41, 5.74) is 1.45. The van der Waals surface area contributed by atoms with E-state index >= 15 is 0 Å². The van der Waals surface area contributed by atoms with Gasteiger partial charge in [-0.1, -0.05) is 43.7 Å². The van der Waals surface area contributed by atoms with Gasteiger partial charge in [0.05, 0.1) is 0 Å². The van der Waals surface area contributed by atoms with E-state index in [0.29, 0.717) is 12.1 Å². The molecule has 2 aliphatic heterocycles.